The molecule has 2 N–H and O–H groups in total. The zero-order valence-electron chi connectivity index (χ0n) is 16.1. The molecule has 0 saturated carbocycles. The van der Waals surface area contributed by atoms with Gasteiger partial charge in [-0.05, 0) is 48.0 Å². The van der Waals surface area contributed by atoms with Crippen LogP contribution in [0.1, 0.15) is 15.9 Å². The van der Waals surface area contributed by atoms with E-state index in [0.29, 0.717) is 22.8 Å². The number of carbonyl (C=O) groups excluding carboxylic acids is 2. The van der Waals surface area contributed by atoms with Gasteiger partial charge in [0.1, 0.15) is 12.4 Å². The van der Waals surface area contributed by atoms with Gasteiger partial charge >= 0.3 is 0 Å². The SMILES string of the molecule is C#CCOc1ccc(/C=N/NC(=O)CNC(=O)c2ccc(OC)c(OC)c2)cc1. The van der Waals surface area contributed by atoms with Gasteiger partial charge in [0.2, 0.25) is 0 Å². The Morgan fingerprint density at radius 1 is 1.10 bits per heavy atom. The molecule has 0 aliphatic carbocycles. The Labute approximate surface area is 168 Å². The van der Waals surface area contributed by atoms with E-state index in [-0.39, 0.29) is 13.2 Å². The number of terminal acetylenes is 1. The van der Waals surface area contributed by atoms with Gasteiger partial charge in [-0.1, -0.05) is 5.92 Å². The van der Waals surface area contributed by atoms with E-state index < -0.39 is 11.8 Å². The third-order valence-electron chi connectivity index (χ3n) is 3.66. The van der Waals surface area contributed by atoms with Crippen LogP contribution in [0.25, 0.3) is 0 Å². The van der Waals surface area contributed by atoms with Crippen LogP contribution in [0.5, 0.6) is 17.2 Å². The van der Waals surface area contributed by atoms with Gasteiger partial charge in [-0.25, -0.2) is 5.43 Å². The molecule has 0 aromatic heterocycles. The molecule has 0 radical (unpaired) electrons. The molecular formula is C21H21N3O5. The summed E-state index contributed by atoms with van der Waals surface area (Å²) < 4.78 is 15.5. The van der Waals surface area contributed by atoms with Crippen molar-refractivity contribution in [2.45, 2.75) is 0 Å². The quantitative estimate of drug-likeness (QED) is 0.382. The van der Waals surface area contributed by atoms with Crippen LogP contribution >= 0.6 is 0 Å². The Morgan fingerprint density at radius 2 is 1.83 bits per heavy atom. The van der Waals surface area contributed by atoms with Crippen LogP contribution in [-0.4, -0.2) is 45.4 Å². The van der Waals surface area contributed by atoms with Gasteiger partial charge in [0.15, 0.2) is 11.5 Å². The molecule has 2 aromatic carbocycles. The van der Waals surface area contributed by atoms with Crippen molar-refractivity contribution < 1.29 is 23.8 Å². The lowest BCUT2D eigenvalue weighted by Gasteiger charge is -2.09. The summed E-state index contributed by atoms with van der Waals surface area (Å²) >= 11 is 0. The Morgan fingerprint density at radius 3 is 2.48 bits per heavy atom. The second-order valence-electron chi connectivity index (χ2n) is 5.61. The van der Waals surface area contributed by atoms with E-state index in [1.165, 1.54) is 26.5 Å². The average Bonchev–Trinajstić information content (AvgIpc) is 2.76. The van der Waals surface area contributed by atoms with Gasteiger partial charge in [-0.15, -0.1) is 6.42 Å². The van der Waals surface area contributed by atoms with Crippen molar-refractivity contribution in [3.05, 3.63) is 53.6 Å². The third-order valence-corrected chi connectivity index (χ3v) is 3.66. The number of ether oxygens (including phenoxy) is 3. The Kier molecular flexibility index (Phi) is 8.08. The standard InChI is InChI=1S/C21H21N3O5/c1-4-11-29-17-8-5-15(6-9-17)13-23-24-20(25)14-22-21(26)16-7-10-18(27-2)19(12-16)28-3/h1,5-10,12-13H,11,14H2,2-3H3,(H,22,26)(H,24,25)/b23-13+. The van der Waals surface area contributed by atoms with Crippen LogP contribution in [0.2, 0.25) is 0 Å². The van der Waals surface area contributed by atoms with E-state index in [2.05, 4.69) is 21.8 Å². The summed E-state index contributed by atoms with van der Waals surface area (Å²) in [4.78, 5) is 24.0. The van der Waals surface area contributed by atoms with E-state index >= 15 is 0 Å². The predicted molar refractivity (Wildman–Crippen MR) is 108 cm³/mol. The van der Waals surface area contributed by atoms with Crippen LogP contribution in [0.15, 0.2) is 47.6 Å². The van der Waals surface area contributed by atoms with Crippen molar-refractivity contribution >= 4 is 18.0 Å². The molecule has 2 aromatic rings. The van der Waals surface area contributed by atoms with E-state index in [1.807, 2.05) is 0 Å². The van der Waals surface area contributed by atoms with Crippen LogP contribution in [0, 0.1) is 12.3 Å². The number of rotatable bonds is 9. The van der Waals surface area contributed by atoms with Crippen molar-refractivity contribution in [2.75, 3.05) is 27.4 Å². The number of nitrogens with one attached hydrogen (secondary N) is 2. The van der Waals surface area contributed by atoms with Crippen molar-refractivity contribution in [1.29, 1.82) is 0 Å². The number of methoxy groups -OCH3 is 2. The molecule has 0 aliphatic heterocycles. The second-order valence-corrected chi connectivity index (χ2v) is 5.61. The first kappa shape index (κ1) is 21.3. The maximum absolute atomic E-state index is 12.2. The minimum absolute atomic E-state index is 0.193. The maximum atomic E-state index is 12.2. The summed E-state index contributed by atoms with van der Waals surface area (Å²) in [5.41, 5.74) is 3.44. The molecule has 8 heteroatoms. The number of hydrazone groups is 1. The normalized spacial score (nSPS) is 10.1. The summed E-state index contributed by atoms with van der Waals surface area (Å²) in [5.74, 6) is 3.06. The number of benzene rings is 2. The Bertz CT molecular complexity index is 917. The highest BCUT2D eigenvalue weighted by Gasteiger charge is 2.11. The highest BCUT2D eigenvalue weighted by atomic mass is 16.5. The molecule has 8 nitrogen and oxygen atoms in total. The molecule has 2 rings (SSSR count). The topological polar surface area (TPSA) is 98.2 Å². The van der Waals surface area contributed by atoms with Gasteiger partial charge in [-0.2, -0.15) is 5.10 Å². The van der Waals surface area contributed by atoms with Gasteiger partial charge in [-0.3, -0.25) is 9.59 Å². The monoisotopic (exact) mass is 395 g/mol. The fourth-order valence-electron chi connectivity index (χ4n) is 2.23. The van der Waals surface area contributed by atoms with Gasteiger partial charge in [0.25, 0.3) is 11.8 Å². The molecular weight excluding hydrogens is 374 g/mol. The summed E-state index contributed by atoms with van der Waals surface area (Å²) in [6.07, 6.45) is 6.60. The van der Waals surface area contributed by atoms with Gasteiger partial charge < -0.3 is 19.5 Å². The van der Waals surface area contributed by atoms with Crippen LogP contribution < -0.4 is 25.0 Å². The summed E-state index contributed by atoms with van der Waals surface area (Å²) in [6.45, 7) is -0.0398. The smallest absolute Gasteiger partial charge is 0.259 e. The van der Waals surface area contributed by atoms with E-state index in [4.69, 9.17) is 20.6 Å². The summed E-state index contributed by atoms with van der Waals surface area (Å²) in [5, 5.41) is 6.36. The average molecular weight is 395 g/mol. The molecule has 0 saturated heterocycles. The number of amides is 2. The van der Waals surface area contributed by atoms with Crippen LogP contribution in [0.3, 0.4) is 0 Å². The Balaban J connectivity index is 1.81. The summed E-state index contributed by atoms with van der Waals surface area (Å²) in [6, 6.07) is 11.7. The fourth-order valence-corrected chi connectivity index (χ4v) is 2.23. The van der Waals surface area contributed by atoms with Gasteiger partial charge in [0, 0.05) is 5.56 Å². The Hall–Kier alpha value is -3.99. The second kappa shape index (κ2) is 11.0. The highest BCUT2D eigenvalue weighted by Crippen LogP contribution is 2.27. The molecule has 0 spiro atoms. The summed E-state index contributed by atoms with van der Waals surface area (Å²) in [7, 11) is 2.98. The number of carbonyl (C=O) groups is 2. The lowest BCUT2D eigenvalue weighted by molar-refractivity contribution is -0.120. The van der Waals surface area contributed by atoms with E-state index in [1.54, 1.807) is 36.4 Å². The number of nitrogens with zero attached hydrogens (tertiary/aromatic N) is 1. The minimum Gasteiger partial charge on any atom is -0.493 e. The van der Waals surface area contributed by atoms with Crippen LogP contribution in [-0.2, 0) is 4.79 Å². The van der Waals surface area contributed by atoms with Crippen LogP contribution in [0.4, 0.5) is 0 Å². The first-order valence-electron chi connectivity index (χ1n) is 8.56. The number of hydrogen-bond donors (Lipinski definition) is 2. The van der Waals surface area contributed by atoms with Crippen molar-refractivity contribution in [2.24, 2.45) is 5.10 Å². The lowest BCUT2D eigenvalue weighted by atomic mass is 10.2. The largest absolute Gasteiger partial charge is 0.493 e. The van der Waals surface area contributed by atoms with Crippen molar-refractivity contribution in [1.82, 2.24) is 10.7 Å². The minimum atomic E-state index is -0.468. The lowest BCUT2D eigenvalue weighted by Crippen LogP contribution is -2.34. The molecule has 0 fully saturated rings. The highest BCUT2D eigenvalue weighted by molar-refractivity contribution is 5.97. The molecule has 29 heavy (non-hydrogen) atoms. The van der Waals surface area contributed by atoms with E-state index in [0.717, 1.165) is 5.56 Å². The van der Waals surface area contributed by atoms with Crippen molar-refractivity contribution in [3.8, 4) is 29.6 Å². The zero-order chi connectivity index (χ0) is 21.1. The number of hydrogen-bond acceptors (Lipinski definition) is 6. The first-order chi connectivity index (χ1) is 14.1. The molecule has 0 unspecified atom stereocenters. The molecule has 0 heterocycles. The molecule has 2 amide bonds. The zero-order valence-corrected chi connectivity index (χ0v) is 16.1. The molecule has 0 bridgehead atoms. The third kappa shape index (κ3) is 6.59. The predicted octanol–water partition coefficient (Wildman–Crippen LogP) is 1.60. The molecule has 0 aliphatic rings. The van der Waals surface area contributed by atoms with E-state index in [9.17, 15) is 9.59 Å². The van der Waals surface area contributed by atoms with Crippen molar-refractivity contribution in [3.63, 3.8) is 0 Å². The molecule has 0 atom stereocenters. The maximum Gasteiger partial charge on any atom is 0.259 e. The molecule has 150 valence electrons. The van der Waals surface area contributed by atoms with Gasteiger partial charge in [0.05, 0.1) is 27.0 Å². The first-order valence-corrected chi connectivity index (χ1v) is 8.56. The fraction of sp³-hybridized carbons (Fsp3) is 0.190.